The maximum absolute atomic E-state index is 12.9. The summed E-state index contributed by atoms with van der Waals surface area (Å²) in [6.45, 7) is 3.12. The number of carboxylic acid groups (broad SMARTS) is 2. The van der Waals surface area contributed by atoms with Crippen LogP contribution in [0.5, 0.6) is 0 Å². The van der Waals surface area contributed by atoms with Crippen molar-refractivity contribution in [1.82, 2.24) is 15.1 Å². The van der Waals surface area contributed by atoms with Crippen molar-refractivity contribution in [3.05, 3.63) is 54.1 Å². The molecule has 0 saturated carbocycles. The van der Waals surface area contributed by atoms with Gasteiger partial charge in [-0.1, -0.05) is 6.07 Å². The summed E-state index contributed by atoms with van der Waals surface area (Å²) in [5.74, 6) is -2.32. The van der Waals surface area contributed by atoms with Gasteiger partial charge < -0.3 is 23.9 Å². The average Bonchev–Trinajstić information content (AvgIpc) is 3.46. The second kappa shape index (κ2) is 10.2. The van der Waals surface area contributed by atoms with Crippen LogP contribution < -0.4 is 4.90 Å². The number of hydrogen-bond donors (Lipinski definition) is 2. The second-order valence-corrected chi connectivity index (χ2v) is 6.90. The number of benzene rings is 1. The summed E-state index contributed by atoms with van der Waals surface area (Å²) in [6.07, 6.45) is -2.80. The predicted molar refractivity (Wildman–Crippen MR) is 106 cm³/mol. The molecule has 3 heterocycles. The van der Waals surface area contributed by atoms with Crippen molar-refractivity contribution >= 4 is 17.6 Å². The number of halogens is 3. The molecule has 1 aliphatic rings. The van der Waals surface area contributed by atoms with Crippen LogP contribution in [0.1, 0.15) is 11.5 Å². The number of carbonyl (C=O) groups is 2. The van der Waals surface area contributed by atoms with Crippen LogP contribution in [-0.2, 0) is 22.3 Å². The molecule has 1 aromatic carbocycles. The van der Waals surface area contributed by atoms with Crippen molar-refractivity contribution in [1.29, 1.82) is 0 Å². The van der Waals surface area contributed by atoms with Crippen molar-refractivity contribution < 1.29 is 41.8 Å². The fourth-order valence-electron chi connectivity index (χ4n) is 3.05. The van der Waals surface area contributed by atoms with Gasteiger partial charge in [-0.15, -0.1) is 10.2 Å². The smallest absolute Gasteiger partial charge is 0.416 e. The molecule has 0 amide bonds. The first-order valence-electron chi connectivity index (χ1n) is 9.60. The predicted octanol–water partition coefficient (Wildman–Crippen LogP) is 2.83. The Morgan fingerprint density at radius 3 is 2.27 bits per heavy atom. The standard InChI is InChI=1S/C18H17F3N4O2.C2H2O4/c19-18(20,21)13-3-1-4-14(11-13)25-8-6-24(7-9-25)12-16-22-23-17(27-16)15-5-2-10-26-15;3-1(4)2(5)6/h1-5,10-11H,6-9,12H2;(H,3,4)(H,5,6). The molecule has 1 fully saturated rings. The molecule has 1 aliphatic heterocycles. The van der Waals surface area contributed by atoms with Gasteiger partial charge in [0.15, 0.2) is 5.76 Å². The minimum Gasteiger partial charge on any atom is -0.473 e. The maximum Gasteiger partial charge on any atom is 0.416 e. The first-order chi connectivity index (χ1) is 15.6. The van der Waals surface area contributed by atoms with E-state index in [2.05, 4.69) is 15.1 Å². The van der Waals surface area contributed by atoms with E-state index in [1.807, 2.05) is 4.90 Å². The van der Waals surface area contributed by atoms with Crippen LogP contribution in [0.15, 0.2) is 51.5 Å². The van der Waals surface area contributed by atoms with Gasteiger partial charge in [0.25, 0.3) is 5.89 Å². The van der Waals surface area contributed by atoms with Crippen molar-refractivity contribution in [2.45, 2.75) is 12.7 Å². The molecule has 3 aromatic rings. The summed E-state index contributed by atoms with van der Waals surface area (Å²) in [4.78, 5) is 22.3. The van der Waals surface area contributed by atoms with Crippen molar-refractivity contribution in [3.63, 3.8) is 0 Å². The molecule has 2 aromatic heterocycles. The summed E-state index contributed by atoms with van der Waals surface area (Å²) in [5.41, 5.74) is -0.0406. The monoisotopic (exact) mass is 468 g/mol. The molecule has 4 rings (SSSR count). The zero-order valence-electron chi connectivity index (χ0n) is 17.0. The number of alkyl halides is 3. The molecule has 2 N–H and O–H groups in total. The zero-order valence-corrected chi connectivity index (χ0v) is 17.0. The number of aromatic nitrogens is 2. The van der Waals surface area contributed by atoms with E-state index in [4.69, 9.17) is 28.6 Å². The van der Waals surface area contributed by atoms with E-state index in [0.29, 0.717) is 56.0 Å². The van der Waals surface area contributed by atoms with Gasteiger partial charge in [-0.25, -0.2) is 9.59 Å². The molecular formula is C20H19F3N4O6. The zero-order chi connectivity index (χ0) is 24.0. The van der Waals surface area contributed by atoms with E-state index in [0.717, 1.165) is 6.07 Å². The van der Waals surface area contributed by atoms with Crippen LogP contribution >= 0.6 is 0 Å². The molecule has 0 aliphatic carbocycles. The molecule has 0 atom stereocenters. The summed E-state index contributed by atoms with van der Waals surface area (Å²) < 4.78 is 49.5. The number of piperazine rings is 1. The minimum absolute atomic E-state index is 0.331. The third-order valence-electron chi connectivity index (χ3n) is 4.65. The van der Waals surface area contributed by atoms with Gasteiger partial charge in [0.05, 0.1) is 18.4 Å². The summed E-state index contributed by atoms with van der Waals surface area (Å²) in [7, 11) is 0. The van der Waals surface area contributed by atoms with E-state index < -0.39 is 23.7 Å². The van der Waals surface area contributed by atoms with E-state index in [1.54, 1.807) is 18.2 Å². The second-order valence-electron chi connectivity index (χ2n) is 6.90. The average molecular weight is 468 g/mol. The van der Waals surface area contributed by atoms with Gasteiger partial charge in [0.1, 0.15) is 0 Å². The fraction of sp³-hybridized carbons (Fsp3) is 0.300. The largest absolute Gasteiger partial charge is 0.473 e. The number of anilines is 1. The molecule has 10 nitrogen and oxygen atoms in total. The lowest BCUT2D eigenvalue weighted by Crippen LogP contribution is -2.46. The van der Waals surface area contributed by atoms with Crippen LogP contribution in [0.4, 0.5) is 18.9 Å². The third-order valence-corrected chi connectivity index (χ3v) is 4.65. The Labute approximate surface area is 184 Å². The molecule has 0 bridgehead atoms. The van der Waals surface area contributed by atoms with Gasteiger partial charge in [-0.05, 0) is 30.3 Å². The summed E-state index contributed by atoms with van der Waals surface area (Å²) >= 11 is 0. The van der Waals surface area contributed by atoms with Gasteiger partial charge in [0, 0.05) is 31.9 Å². The molecule has 176 valence electrons. The Balaban J connectivity index is 0.000000454. The van der Waals surface area contributed by atoms with Gasteiger partial charge in [-0.3, -0.25) is 4.90 Å². The Morgan fingerprint density at radius 1 is 1.00 bits per heavy atom. The first-order valence-corrected chi connectivity index (χ1v) is 9.60. The van der Waals surface area contributed by atoms with E-state index >= 15 is 0 Å². The van der Waals surface area contributed by atoms with Crippen molar-refractivity contribution in [2.75, 3.05) is 31.1 Å². The molecule has 0 radical (unpaired) electrons. The van der Waals surface area contributed by atoms with Gasteiger partial charge >= 0.3 is 18.1 Å². The van der Waals surface area contributed by atoms with Gasteiger partial charge in [0.2, 0.25) is 5.89 Å². The van der Waals surface area contributed by atoms with E-state index in [-0.39, 0.29) is 0 Å². The number of furan rings is 1. The Kier molecular flexibility index (Phi) is 7.33. The summed E-state index contributed by atoms with van der Waals surface area (Å²) in [5, 5.41) is 22.8. The molecule has 0 spiro atoms. The topological polar surface area (TPSA) is 133 Å². The number of carboxylic acids is 2. The Morgan fingerprint density at radius 2 is 1.70 bits per heavy atom. The van der Waals surface area contributed by atoms with Crippen LogP contribution in [0.25, 0.3) is 11.7 Å². The number of nitrogens with zero attached hydrogens (tertiary/aromatic N) is 4. The highest BCUT2D eigenvalue weighted by Crippen LogP contribution is 2.32. The van der Waals surface area contributed by atoms with Crippen LogP contribution in [0.3, 0.4) is 0 Å². The fourth-order valence-corrected chi connectivity index (χ4v) is 3.05. The highest BCUT2D eigenvalue weighted by molar-refractivity contribution is 6.27. The Hall–Kier alpha value is -3.87. The third kappa shape index (κ3) is 6.55. The molecule has 13 heteroatoms. The normalized spacial score (nSPS) is 14.5. The van der Waals surface area contributed by atoms with Gasteiger partial charge in [-0.2, -0.15) is 13.2 Å². The SMILES string of the molecule is FC(F)(F)c1cccc(N2CCN(Cc3nnc(-c4ccco4)o3)CC2)c1.O=C(O)C(=O)O. The Bertz CT molecular complexity index is 1060. The van der Waals surface area contributed by atoms with E-state index in [1.165, 1.54) is 18.4 Å². The number of hydrogen-bond acceptors (Lipinski definition) is 8. The number of rotatable bonds is 4. The van der Waals surface area contributed by atoms with Crippen LogP contribution in [0.2, 0.25) is 0 Å². The number of aliphatic carboxylic acids is 2. The molecule has 1 saturated heterocycles. The van der Waals surface area contributed by atoms with Crippen molar-refractivity contribution in [3.8, 4) is 11.7 Å². The van der Waals surface area contributed by atoms with E-state index in [9.17, 15) is 13.2 Å². The lowest BCUT2D eigenvalue weighted by molar-refractivity contribution is -0.159. The molecule has 0 unspecified atom stereocenters. The van der Waals surface area contributed by atoms with Crippen LogP contribution in [0, 0.1) is 0 Å². The summed E-state index contributed by atoms with van der Waals surface area (Å²) in [6, 6.07) is 8.92. The maximum atomic E-state index is 12.9. The quantitative estimate of drug-likeness (QED) is 0.551. The van der Waals surface area contributed by atoms with Crippen molar-refractivity contribution in [2.24, 2.45) is 0 Å². The minimum atomic E-state index is -4.33. The molecular weight excluding hydrogens is 449 g/mol. The van der Waals surface area contributed by atoms with Crippen LogP contribution in [-0.4, -0.2) is 63.4 Å². The molecule has 33 heavy (non-hydrogen) atoms. The highest BCUT2D eigenvalue weighted by atomic mass is 19.4. The first kappa shape index (κ1) is 23.8. The lowest BCUT2D eigenvalue weighted by atomic mass is 10.1. The lowest BCUT2D eigenvalue weighted by Gasteiger charge is -2.35. The highest BCUT2D eigenvalue weighted by Gasteiger charge is 2.31.